The number of hydrogen-bond acceptors (Lipinski definition) is 3. The largest absolute Gasteiger partial charge is 0.462 e. The van der Waals surface area contributed by atoms with Crippen LogP contribution in [-0.2, 0) is 4.74 Å². The Hall–Kier alpha value is -1.06. The molecule has 0 heterocycles. The molecule has 0 aliphatic heterocycles. The van der Waals surface area contributed by atoms with Crippen LogP contribution in [0.3, 0.4) is 0 Å². The van der Waals surface area contributed by atoms with E-state index >= 15 is 0 Å². The zero-order valence-corrected chi connectivity index (χ0v) is 12.4. The summed E-state index contributed by atoms with van der Waals surface area (Å²) in [7, 11) is 0. The molecule has 0 aliphatic carbocycles. The predicted molar refractivity (Wildman–Crippen MR) is 78.8 cm³/mol. The lowest BCUT2D eigenvalue weighted by Gasteiger charge is -2.17. The second kappa shape index (κ2) is 8.94. The summed E-state index contributed by atoms with van der Waals surface area (Å²) in [5, 5.41) is 0.621. The number of carbonyl (C=O) groups excluding carboxylic acids is 1. The van der Waals surface area contributed by atoms with Gasteiger partial charge in [0.1, 0.15) is 0 Å². The second-order valence-corrected chi connectivity index (χ2v) is 4.81. The average molecular weight is 284 g/mol. The van der Waals surface area contributed by atoms with Gasteiger partial charge in [0.05, 0.1) is 12.2 Å². The summed E-state index contributed by atoms with van der Waals surface area (Å²) in [6.07, 6.45) is 1.95. The second-order valence-electron chi connectivity index (χ2n) is 4.38. The molecule has 0 saturated carbocycles. The monoisotopic (exact) mass is 283 g/mol. The highest BCUT2D eigenvalue weighted by Crippen LogP contribution is 2.10. The molecule has 1 aromatic carbocycles. The van der Waals surface area contributed by atoms with E-state index in [0.29, 0.717) is 17.2 Å². The number of hydrogen-bond donors (Lipinski definition) is 0. The average Bonchev–Trinajstić information content (AvgIpc) is 2.43. The molecule has 106 valence electrons. The summed E-state index contributed by atoms with van der Waals surface area (Å²) in [6, 6.07) is 6.75. The van der Waals surface area contributed by atoms with Crippen LogP contribution in [0.5, 0.6) is 0 Å². The Balaban J connectivity index is 2.19. The molecule has 0 spiro atoms. The van der Waals surface area contributed by atoms with Gasteiger partial charge in [0.25, 0.3) is 0 Å². The maximum atomic E-state index is 11.7. The third kappa shape index (κ3) is 6.08. The molecular weight excluding hydrogens is 262 g/mol. The molecule has 0 N–H and O–H groups in total. The first kappa shape index (κ1) is 16.0. The summed E-state index contributed by atoms with van der Waals surface area (Å²) in [5.74, 6) is -0.278. The molecule has 0 saturated heterocycles. The molecule has 1 aromatic rings. The van der Waals surface area contributed by atoms with Crippen molar-refractivity contribution in [2.24, 2.45) is 0 Å². The van der Waals surface area contributed by atoms with Crippen molar-refractivity contribution in [2.45, 2.75) is 26.7 Å². The number of ether oxygens (including phenoxy) is 1. The molecule has 19 heavy (non-hydrogen) atoms. The van der Waals surface area contributed by atoms with E-state index in [9.17, 15) is 4.79 Å². The molecule has 0 atom stereocenters. The van der Waals surface area contributed by atoms with Crippen LogP contribution in [0.15, 0.2) is 24.3 Å². The third-order valence-electron chi connectivity index (χ3n) is 3.08. The summed E-state index contributed by atoms with van der Waals surface area (Å²) in [6.45, 7) is 7.99. The number of nitrogens with zero attached hydrogens (tertiary/aromatic N) is 1. The quantitative estimate of drug-likeness (QED) is 0.539. The Morgan fingerprint density at radius 3 is 2.37 bits per heavy atom. The van der Waals surface area contributed by atoms with Crippen LogP contribution in [0, 0.1) is 0 Å². The van der Waals surface area contributed by atoms with Crippen molar-refractivity contribution in [1.82, 2.24) is 4.90 Å². The van der Waals surface area contributed by atoms with Crippen molar-refractivity contribution in [1.29, 1.82) is 0 Å². The van der Waals surface area contributed by atoms with Gasteiger partial charge in [-0.1, -0.05) is 25.4 Å². The van der Waals surface area contributed by atoms with Gasteiger partial charge in [0, 0.05) is 5.02 Å². The SMILES string of the molecule is CCN(CC)CCCCOC(=O)c1ccc(Cl)cc1. The van der Waals surface area contributed by atoms with Gasteiger partial charge in [-0.3, -0.25) is 0 Å². The van der Waals surface area contributed by atoms with E-state index < -0.39 is 0 Å². The van der Waals surface area contributed by atoms with Crippen molar-refractivity contribution in [3.63, 3.8) is 0 Å². The zero-order valence-electron chi connectivity index (χ0n) is 11.7. The van der Waals surface area contributed by atoms with Gasteiger partial charge in [0.2, 0.25) is 0 Å². The summed E-state index contributed by atoms with van der Waals surface area (Å²) >= 11 is 5.76. The molecule has 0 aromatic heterocycles. The summed E-state index contributed by atoms with van der Waals surface area (Å²) in [5.41, 5.74) is 0.549. The van der Waals surface area contributed by atoms with Crippen molar-refractivity contribution in [2.75, 3.05) is 26.2 Å². The predicted octanol–water partition coefficient (Wildman–Crippen LogP) is 3.62. The molecular formula is C15H22ClNO2. The highest BCUT2D eigenvalue weighted by molar-refractivity contribution is 6.30. The molecule has 0 amide bonds. The van der Waals surface area contributed by atoms with E-state index in [0.717, 1.165) is 32.5 Å². The minimum absolute atomic E-state index is 0.278. The van der Waals surface area contributed by atoms with Gasteiger partial charge in [-0.2, -0.15) is 0 Å². The Morgan fingerprint density at radius 2 is 1.79 bits per heavy atom. The minimum Gasteiger partial charge on any atom is -0.462 e. The Labute approximate surface area is 120 Å². The number of unbranched alkanes of at least 4 members (excludes halogenated alkanes) is 1. The van der Waals surface area contributed by atoms with Crippen molar-refractivity contribution in [3.8, 4) is 0 Å². The van der Waals surface area contributed by atoms with Crippen LogP contribution < -0.4 is 0 Å². The Kier molecular flexibility index (Phi) is 7.53. The Morgan fingerprint density at radius 1 is 1.16 bits per heavy atom. The summed E-state index contributed by atoms with van der Waals surface area (Å²) in [4.78, 5) is 14.1. The number of esters is 1. The minimum atomic E-state index is -0.278. The normalized spacial score (nSPS) is 10.7. The number of benzene rings is 1. The smallest absolute Gasteiger partial charge is 0.338 e. The lowest BCUT2D eigenvalue weighted by atomic mass is 10.2. The van der Waals surface area contributed by atoms with E-state index in [1.54, 1.807) is 24.3 Å². The van der Waals surface area contributed by atoms with Crippen molar-refractivity contribution in [3.05, 3.63) is 34.9 Å². The van der Waals surface area contributed by atoms with E-state index in [4.69, 9.17) is 16.3 Å². The van der Waals surface area contributed by atoms with Gasteiger partial charge in [-0.25, -0.2) is 4.79 Å². The lowest BCUT2D eigenvalue weighted by molar-refractivity contribution is 0.0495. The fourth-order valence-corrected chi connectivity index (χ4v) is 1.94. The number of carbonyl (C=O) groups is 1. The third-order valence-corrected chi connectivity index (χ3v) is 3.33. The molecule has 0 fully saturated rings. The maximum absolute atomic E-state index is 11.7. The summed E-state index contributed by atoms with van der Waals surface area (Å²) < 4.78 is 5.22. The van der Waals surface area contributed by atoms with Gasteiger partial charge in [0.15, 0.2) is 0 Å². The highest BCUT2D eigenvalue weighted by atomic mass is 35.5. The van der Waals surface area contributed by atoms with Gasteiger partial charge in [-0.15, -0.1) is 0 Å². The van der Waals surface area contributed by atoms with Crippen LogP contribution in [0.4, 0.5) is 0 Å². The van der Waals surface area contributed by atoms with Crippen LogP contribution in [0.1, 0.15) is 37.0 Å². The molecule has 0 aliphatic rings. The van der Waals surface area contributed by atoms with Crippen molar-refractivity contribution < 1.29 is 9.53 Å². The zero-order chi connectivity index (χ0) is 14.1. The topological polar surface area (TPSA) is 29.5 Å². The van der Waals surface area contributed by atoms with Gasteiger partial charge < -0.3 is 9.64 Å². The molecule has 4 heteroatoms. The van der Waals surface area contributed by atoms with Gasteiger partial charge in [-0.05, 0) is 56.7 Å². The maximum Gasteiger partial charge on any atom is 0.338 e. The fourth-order valence-electron chi connectivity index (χ4n) is 1.81. The fraction of sp³-hybridized carbons (Fsp3) is 0.533. The molecule has 0 radical (unpaired) electrons. The van der Waals surface area contributed by atoms with E-state index in [1.165, 1.54) is 0 Å². The van der Waals surface area contributed by atoms with E-state index in [2.05, 4.69) is 18.7 Å². The molecule has 0 bridgehead atoms. The first-order chi connectivity index (χ1) is 9.17. The van der Waals surface area contributed by atoms with E-state index in [1.807, 2.05) is 0 Å². The molecule has 0 unspecified atom stereocenters. The lowest BCUT2D eigenvalue weighted by Crippen LogP contribution is -2.24. The number of rotatable bonds is 8. The first-order valence-electron chi connectivity index (χ1n) is 6.82. The first-order valence-corrected chi connectivity index (χ1v) is 7.20. The van der Waals surface area contributed by atoms with Crippen LogP contribution in [-0.4, -0.2) is 37.1 Å². The van der Waals surface area contributed by atoms with Crippen molar-refractivity contribution >= 4 is 17.6 Å². The van der Waals surface area contributed by atoms with Crippen LogP contribution in [0.2, 0.25) is 5.02 Å². The standard InChI is InChI=1S/C15H22ClNO2/c1-3-17(4-2)11-5-6-12-19-15(18)13-7-9-14(16)10-8-13/h7-10H,3-6,11-12H2,1-2H3. The van der Waals surface area contributed by atoms with Crippen LogP contribution >= 0.6 is 11.6 Å². The number of halogens is 1. The molecule has 3 nitrogen and oxygen atoms in total. The van der Waals surface area contributed by atoms with Crippen LogP contribution in [0.25, 0.3) is 0 Å². The molecule has 1 rings (SSSR count). The van der Waals surface area contributed by atoms with E-state index in [-0.39, 0.29) is 5.97 Å². The van der Waals surface area contributed by atoms with Gasteiger partial charge >= 0.3 is 5.97 Å². The highest BCUT2D eigenvalue weighted by Gasteiger charge is 2.06. The Bertz CT molecular complexity index is 374.